The van der Waals surface area contributed by atoms with E-state index in [1.165, 1.54) is 0 Å². The van der Waals surface area contributed by atoms with Gasteiger partial charge in [0.1, 0.15) is 23.7 Å². The molecule has 2 aliphatic rings. The highest BCUT2D eigenvalue weighted by Crippen LogP contribution is 2.45. The van der Waals surface area contributed by atoms with Gasteiger partial charge in [0, 0.05) is 10.4 Å². The fourth-order valence-corrected chi connectivity index (χ4v) is 3.61. The molecule has 6 heteroatoms. The summed E-state index contributed by atoms with van der Waals surface area (Å²) in [6.45, 7) is 2.31. The van der Waals surface area contributed by atoms with Crippen molar-refractivity contribution in [3.8, 4) is 5.75 Å². The first-order valence-corrected chi connectivity index (χ1v) is 8.12. The quantitative estimate of drug-likeness (QED) is 0.869. The number of hydrogen-bond donors (Lipinski definition) is 1. The van der Waals surface area contributed by atoms with Crippen LogP contribution in [0.2, 0.25) is 0 Å². The summed E-state index contributed by atoms with van der Waals surface area (Å²) in [5.41, 5.74) is 7.12. The lowest BCUT2D eigenvalue weighted by atomic mass is 9.75. The highest BCUT2D eigenvalue weighted by atomic mass is 79.9. The van der Waals surface area contributed by atoms with Crippen molar-refractivity contribution in [2.45, 2.75) is 18.9 Å². The molecule has 0 saturated carbocycles. The zero-order valence-electron chi connectivity index (χ0n) is 13.0. The predicted molar refractivity (Wildman–Crippen MR) is 91.3 cm³/mol. The van der Waals surface area contributed by atoms with E-state index in [2.05, 4.69) is 20.9 Å². The molecular weight excluding hydrogens is 363 g/mol. The smallest absolute Gasteiger partial charge is 0.283 e. The highest BCUT2D eigenvalue weighted by Gasteiger charge is 2.45. The Labute approximate surface area is 143 Å². The molecule has 0 aromatic heterocycles. The molecule has 1 aromatic carbocycles. The van der Waals surface area contributed by atoms with Crippen molar-refractivity contribution in [2.24, 2.45) is 16.6 Å². The van der Waals surface area contributed by atoms with E-state index in [1.54, 1.807) is 13.2 Å². The van der Waals surface area contributed by atoms with E-state index in [0.29, 0.717) is 17.5 Å². The number of nitrogens with zero attached hydrogens (tertiary/aromatic N) is 1. The maximum Gasteiger partial charge on any atom is 0.283 e. The molecule has 122 valence electrons. The SMILES string of the molecule is COc1ccc([C@@]2(C3C=C(Br)C(F)=CC3)COC(N)=N2)cc1C. The molecule has 0 fully saturated rings. The van der Waals surface area contributed by atoms with Crippen molar-refractivity contribution in [3.05, 3.63) is 51.8 Å². The van der Waals surface area contributed by atoms with Gasteiger partial charge in [-0.2, -0.15) is 0 Å². The van der Waals surface area contributed by atoms with Gasteiger partial charge in [0.05, 0.1) is 7.11 Å². The predicted octanol–water partition coefficient (Wildman–Crippen LogP) is 3.70. The van der Waals surface area contributed by atoms with Crippen molar-refractivity contribution in [1.82, 2.24) is 0 Å². The van der Waals surface area contributed by atoms with Crippen molar-refractivity contribution < 1.29 is 13.9 Å². The lowest BCUT2D eigenvalue weighted by molar-refractivity contribution is 0.211. The molecule has 3 rings (SSSR count). The second-order valence-corrected chi connectivity index (χ2v) is 6.61. The first-order valence-electron chi connectivity index (χ1n) is 7.33. The van der Waals surface area contributed by atoms with Gasteiger partial charge in [-0.05, 0) is 58.6 Å². The maximum atomic E-state index is 13.6. The van der Waals surface area contributed by atoms with Crippen molar-refractivity contribution in [1.29, 1.82) is 0 Å². The highest BCUT2D eigenvalue weighted by molar-refractivity contribution is 9.11. The summed E-state index contributed by atoms with van der Waals surface area (Å²) < 4.78 is 24.9. The summed E-state index contributed by atoms with van der Waals surface area (Å²) in [4.78, 5) is 4.58. The van der Waals surface area contributed by atoms with Gasteiger partial charge in [0.25, 0.3) is 6.02 Å². The van der Waals surface area contributed by atoms with E-state index in [-0.39, 0.29) is 17.8 Å². The Morgan fingerprint density at radius 1 is 1.48 bits per heavy atom. The maximum absolute atomic E-state index is 13.6. The molecule has 1 unspecified atom stereocenters. The van der Waals surface area contributed by atoms with E-state index in [9.17, 15) is 4.39 Å². The van der Waals surface area contributed by atoms with Crippen LogP contribution in [0, 0.1) is 12.8 Å². The van der Waals surface area contributed by atoms with E-state index >= 15 is 0 Å². The number of ether oxygens (including phenoxy) is 2. The average Bonchev–Trinajstić information content (AvgIpc) is 2.93. The van der Waals surface area contributed by atoms with Crippen LogP contribution in [0.5, 0.6) is 5.75 Å². The van der Waals surface area contributed by atoms with Gasteiger partial charge in [-0.25, -0.2) is 9.38 Å². The number of allylic oxidation sites excluding steroid dienone is 3. The lowest BCUT2D eigenvalue weighted by Crippen LogP contribution is -2.35. The van der Waals surface area contributed by atoms with Gasteiger partial charge in [0.2, 0.25) is 0 Å². The van der Waals surface area contributed by atoms with Crippen LogP contribution in [-0.2, 0) is 10.3 Å². The topological polar surface area (TPSA) is 56.8 Å². The molecule has 1 aromatic rings. The molecule has 1 heterocycles. The molecule has 0 saturated heterocycles. The Morgan fingerprint density at radius 3 is 2.83 bits per heavy atom. The number of methoxy groups -OCH3 is 1. The average molecular weight is 381 g/mol. The fourth-order valence-electron chi connectivity index (χ4n) is 3.13. The zero-order chi connectivity index (χ0) is 16.6. The molecule has 2 N–H and O–H groups in total. The molecule has 4 nitrogen and oxygen atoms in total. The van der Waals surface area contributed by atoms with Gasteiger partial charge < -0.3 is 15.2 Å². The van der Waals surface area contributed by atoms with Crippen LogP contribution in [-0.4, -0.2) is 19.7 Å². The third-order valence-corrected chi connectivity index (χ3v) is 5.03. The largest absolute Gasteiger partial charge is 0.496 e. The van der Waals surface area contributed by atoms with Crippen LogP contribution in [0.3, 0.4) is 0 Å². The minimum absolute atomic E-state index is 0.0507. The normalized spacial score (nSPS) is 27.0. The van der Waals surface area contributed by atoms with E-state index < -0.39 is 5.54 Å². The van der Waals surface area contributed by atoms with Crippen LogP contribution in [0.4, 0.5) is 4.39 Å². The summed E-state index contributed by atoms with van der Waals surface area (Å²) in [6.07, 6.45) is 3.95. The third kappa shape index (κ3) is 2.76. The summed E-state index contributed by atoms with van der Waals surface area (Å²) in [7, 11) is 1.64. The molecule has 1 aliphatic heterocycles. The standard InChI is InChI=1S/C17H18BrFN2O2/c1-10-7-11(4-6-15(10)22-2)17(9-23-16(20)21-17)12-3-5-14(19)13(18)8-12/h4-8,12H,3,9H2,1-2H3,(H2,20,21)/t12?,17-/m1/s1. The summed E-state index contributed by atoms with van der Waals surface area (Å²) in [6, 6.07) is 6.07. The Bertz CT molecular complexity index is 729. The van der Waals surface area contributed by atoms with Gasteiger partial charge in [-0.1, -0.05) is 12.1 Å². The first kappa shape index (κ1) is 16.1. The van der Waals surface area contributed by atoms with Crippen LogP contribution >= 0.6 is 15.9 Å². The second kappa shape index (κ2) is 6.00. The number of amidine groups is 1. The second-order valence-electron chi connectivity index (χ2n) is 5.76. The molecule has 0 amide bonds. The summed E-state index contributed by atoms with van der Waals surface area (Å²) >= 11 is 3.27. The summed E-state index contributed by atoms with van der Waals surface area (Å²) in [5.74, 6) is 0.509. The van der Waals surface area contributed by atoms with Crippen molar-refractivity contribution >= 4 is 22.0 Å². The minimum atomic E-state index is -0.655. The fraction of sp³-hybridized carbons (Fsp3) is 0.353. The Balaban J connectivity index is 2.07. The number of aliphatic imine (C=N–C) groups is 1. The molecular formula is C17H18BrFN2O2. The first-order chi connectivity index (χ1) is 11.0. The number of halogens is 2. The Hall–Kier alpha value is -1.82. The monoisotopic (exact) mass is 380 g/mol. The number of nitrogens with two attached hydrogens (primary N) is 1. The number of rotatable bonds is 3. The Morgan fingerprint density at radius 2 is 2.26 bits per heavy atom. The van der Waals surface area contributed by atoms with Gasteiger partial charge in [-0.15, -0.1) is 0 Å². The molecule has 23 heavy (non-hydrogen) atoms. The van der Waals surface area contributed by atoms with Gasteiger partial charge in [0.15, 0.2) is 0 Å². The molecule has 1 aliphatic carbocycles. The number of benzene rings is 1. The van der Waals surface area contributed by atoms with Crippen LogP contribution < -0.4 is 10.5 Å². The van der Waals surface area contributed by atoms with E-state index in [0.717, 1.165) is 16.9 Å². The van der Waals surface area contributed by atoms with Gasteiger partial charge in [-0.3, -0.25) is 0 Å². The summed E-state index contributed by atoms with van der Waals surface area (Å²) in [5, 5.41) is 0. The Kier molecular flexibility index (Phi) is 4.19. The van der Waals surface area contributed by atoms with E-state index in [1.807, 2.05) is 31.2 Å². The van der Waals surface area contributed by atoms with Gasteiger partial charge >= 0.3 is 0 Å². The molecule has 0 radical (unpaired) electrons. The molecule has 2 atom stereocenters. The number of hydrogen-bond acceptors (Lipinski definition) is 4. The third-order valence-electron chi connectivity index (χ3n) is 4.38. The van der Waals surface area contributed by atoms with Crippen LogP contribution in [0.15, 0.2) is 45.7 Å². The molecule has 0 bridgehead atoms. The van der Waals surface area contributed by atoms with Crippen molar-refractivity contribution in [3.63, 3.8) is 0 Å². The zero-order valence-corrected chi connectivity index (χ0v) is 14.6. The number of aryl methyl sites for hydroxylation is 1. The van der Waals surface area contributed by atoms with Crippen molar-refractivity contribution in [2.75, 3.05) is 13.7 Å². The minimum Gasteiger partial charge on any atom is -0.496 e. The molecule has 0 spiro atoms. The van der Waals surface area contributed by atoms with Crippen LogP contribution in [0.25, 0.3) is 0 Å². The van der Waals surface area contributed by atoms with Crippen LogP contribution in [0.1, 0.15) is 17.5 Å². The lowest BCUT2D eigenvalue weighted by Gasteiger charge is -2.33. The van der Waals surface area contributed by atoms with E-state index in [4.69, 9.17) is 15.2 Å².